The van der Waals surface area contributed by atoms with Gasteiger partial charge >= 0.3 is 0 Å². The second kappa shape index (κ2) is 4.21. The Labute approximate surface area is 88.7 Å². The molecule has 15 heavy (non-hydrogen) atoms. The Morgan fingerprint density at radius 2 is 2.00 bits per heavy atom. The quantitative estimate of drug-likeness (QED) is 0.827. The smallest absolute Gasteiger partial charge is 0.177 e. The van der Waals surface area contributed by atoms with Crippen LogP contribution in [-0.2, 0) is 6.42 Å². The van der Waals surface area contributed by atoms with Gasteiger partial charge in [0.2, 0.25) is 0 Å². The van der Waals surface area contributed by atoms with E-state index >= 15 is 0 Å². The molecule has 0 spiro atoms. The molecule has 1 N–H and O–H groups in total. The van der Waals surface area contributed by atoms with Crippen LogP contribution in [0.1, 0.15) is 36.7 Å². The van der Waals surface area contributed by atoms with Gasteiger partial charge in [0, 0.05) is 5.92 Å². The molecule has 1 atom stereocenters. The molecule has 0 saturated heterocycles. The molecule has 0 bridgehead atoms. The van der Waals surface area contributed by atoms with E-state index in [1.165, 1.54) is 11.1 Å². The number of aryl methyl sites for hydroxylation is 1. The zero-order valence-electron chi connectivity index (χ0n) is 8.94. The summed E-state index contributed by atoms with van der Waals surface area (Å²) in [4.78, 5) is 0. The molecule has 1 aromatic heterocycles. The normalized spacial score (nSPS) is 12.7. The maximum atomic E-state index is 3.99. The second-order valence-electron chi connectivity index (χ2n) is 3.59. The number of nitrogens with zero attached hydrogens (tertiary/aromatic N) is 3. The summed E-state index contributed by atoms with van der Waals surface area (Å²) in [6.07, 6.45) is 1.07. The van der Waals surface area contributed by atoms with Crippen molar-refractivity contribution in [1.29, 1.82) is 0 Å². The van der Waals surface area contributed by atoms with E-state index in [4.69, 9.17) is 0 Å². The highest BCUT2D eigenvalue weighted by Gasteiger charge is 2.12. The van der Waals surface area contributed by atoms with Gasteiger partial charge in [-0.3, -0.25) is 0 Å². The summed E-state index contributed by atoms with van der Waals surface area (Å²) in [5.41, 5.74) is 2.56. The van der Waals surface area contributed by atoms with Gasteiger partial charge in [0.05, 0.1) is 0 Å². The van der Waals surface area contributed by atoms with Crippen molar-refractivity contribution < 1.29 is 0 Å². The molecule has 78 valence electrons. The highest BCUT2D eigenvalue weighted by Crippen LogP contribution is 2.20. The summed E-state index contributed by atoms with van der Waals surface area (Å²) in [5, 5.41) is 14.0. The minimum atomic E-state index is 0.189. The molecule has 0 fully saturated rings. The Hall–Kier alpha value is -1.71. The molecule has 2 rings (SSSR count). The summed E-state index contributed by atoms with van der Waals surface area (Å²) in [5.74, 6) is 0.925. The van der Waals surface area contributed by atoms with E-state index in [1.807, 2.05) is 0 Å². The van der Waals surface area contributed by atoms with Crippen LogP contribution in [0, 0.1) is 0 Å². The Morgan fingerprint density at radius 3 is 2.53 bits per heavy atom. The fraction of sp³-hybridized carbons (Fsp3) is 0.364. The fourth-order valence-corrected chi connectivity index (χ4v) is 1.54. The van der Waals surface area contributed by atoms with E-state index in [9.17, 15) is 0 Å². The number of hydrogen-bond donors (Lipinski definition) is 1. The molecule has 0 radical (unpaired) electrons. The van der Waals surface area contributed by atoms with Crippen LogP contribution in [0.3, 0.4) is 0 Å². The zero-order chi connectivity index (χ0) is 10.7. The van der Waals surface area contributed by atoms with E-state index in [0.717, 1.165) is 12.2 Å². The number of nitrogens with one attached hydrogen (secondary N) is 1. The summed E-state index contributed by atoms with van der Waals surface area (Å²) in [7, 11) is 0. The van der Waals surface area contributed by atoms with Gasteiger partial charge in [0.15, 0.2) is 5.82 Å². The predicted molar refractivity (Wildman–Crippen MR) is 57.5 cm³/mol. The number of aromatic amines is 1. The second-order valence-corrected chi connectivity index (χ2v) is 3.59. The summed E-state index contributed by atoms with van der Waals surface area (Å²) < 4.78 is 0. The lowest BCUT2D eigenvalue weighted by Crippen LogP contribution is -1.98. The number of aromatic nitrogens is 4. The summed E-state index contributed by atoms with van der Waals surface area (Å²) in [6.45, 7) is 4.23. The highest BCUT2D eigenvalue weighted by molar-refractivity contribution is 5.28. The van der Waals surface area contributed by atoms with Crippen molar-refractivity contribution in [2.24, 2.45) is 0 Å². The predicted octanol–water partition coefficient (Wildman–Crippen LogP) is 1.91. The molecule has 1 heterocycles. The van der Waals surface area contributed by atoms with E-state index in [0.29, 0.717) is 0 Å². The first-order valence-corrected chi connectivity index (χ1v) is 5.13. The van der Waals surface area contributed by atoms with Gasteiger partial charge < -0.3 is 0 Å². The Balaban J connectivity index is 2.22. The SMILES string of the molecule is CCc1ccc(C(C)c2nn[nH]n2)cc1. The van der Waals surface area contributed by atoms with Crippen LogP contribution in [-0.4, -0.2) is 20.6 Å². The number of H-pyrrole nitrogens is 1. The van der Waals surface area contributed by atoms with Crippen LogP contribution in [0.2, 0.25) is 0 Å². The molecular formula is C11H14N4. The van der Waals surface area contributed by atoms with Gasteiger partial charge in [-0.15, -0.1) is 10.2 Å². The van der Waals surface area contributed by atoms with Crippen molar-refractivity contribution in [3.8, 4) is 0 Å². The molecule has 0 aliphatic rings. The number of hydrogen-bond acceptors (Lipinski definition) is 3. The highest BCUT2D eigenvalue weighted by atomic mass is 15.5. The van der Waals surface area contributed by atoms with Crippen LogP contribution < -0.4 is 0 Å². The van der Waals surface area contributed by atoms with E-state index < -0.39 is 0 Å². The molecule has 1 aromatic carbocycles. The van der Waals surface area contributed by atoms with Gasteiger partial charge in [-0.1, -0.05) is 43.3 Å². The number of rotatable bonds is 3. The van der Waals surface area contributed by atoms with E-state index in [-0.39, 0.29) is 5.92 Å². The lowest BCUT2D eigenvalue weighted by molar-refractivity contribution is 0.820. The maximum Gasteiger partial charge on any atom is 0.181 e. The standard InChI is InChI=1S/C11H14N4/c1-3-9-4-6-10(7-5-9)8(2)11-12-14-15-13-11/h4-8H,3H2,1-2H3,(H,12,13,14,15). The van der Waals surface area contributed by atoms with Crippen molar-refractivity contribution >= 4 is 0 Å². The maximum absolute atomic E-state index is 3.99. The monoisotopic (exact) mass is 202 g/mol. The first-order valence-electron chi connectivity index (χ1n) is 5.13. The van der Waals surface area contributed by atoms with Crippen molar-refractivity contribution in [2.75, 3.05) is 0 Å². The van der Waals surface area contributed by atoms with Gasteiger partial charge in [-0.2, -0.15) is 5.21 Å². The topological polar surface area (TPSA) is 54.5 Å². The molecule has 0 aliphatic carbocycles. The zero-order valence-corrected chi connectivity index (χ0v) is 8.94. The molecule has 0 amide bonds. The Morgan fingerprint density at radius 1 is 1.27 bits per heavy atom. The van der Waals surface area contributed by atoms with Crippen molar-refractivity contribution in [3.05, 3.63) is 41.2 Å². The van der Waals surface area contributed by atoms with Crippen molar-refractivity contribution in [2.45, 2.75) is 26.2 Å². The Kier molecular flexibility index (Phi) is 2.76. The van der Waals surface area contributed by atoms with Crippen LogP contribution in [0.4, 0.5) is 0 Å². The minimum absolute atomic E-state index is 0.189. The minimum Gasteiger partial charge on any atom is -0.177 e. The first-order chi connectivity index (χ1) is 7.31. The Bertz CT molecular complexity index is 405. The third kappa shape index (κ3) is 2.03. The van der Waals surface area contributed by atoms with Gasteiger partial charge in [0.25, 0.3) is 0 Å². The number of tetrazole rings is 1. The van der Waals surface area contributed by atoms with Crippen LogP contribution in [0.25, 0.3) is 0 Å². The van der Waals surface area contributed by atoms with E-state index in [1.54, 1.807) is 0 Å². The van der Waals surface area contributed by atoms with Crippen LogP contribution >= 0.6 is 0 Å². The van der Waals surface area contributed by atoms with Crippen LogP contribution in [0.15, 0.2) is 24.3 Å². The van der Waals surface area contributed by atoms with Crippen molar-refractivity contribution in [3.63, 3.8) is 0 Å². The van der Waals surface area contributed by atoms with Gasteiger partial charge in [-0.25, -0.2) is 0 Å². The van der Waals surface area contributed by atoms with Gasteiger partial charge in [-0.05, 0) is 17.5 Å². The molecule has 4 heteroatoms. The lowest BCUT2D eigenvalue weighted by atomic mass is 9.99. The number of benzene rings is 1. The average molecular weight is 202 g/mol. The van der Waals surface area contributed by atoms with Crippen LogP contribution in [0.5, 0.6) is 0 Å². The van der Waals surface area contributed by atoms with Gasteiger partial charge in [0.1, 0.15) is 0 Å². The average Bonchev–Trinajstić information content (AvgIpc) is 2.82. The third-order valence-electron chi connectivity index (χ3n) is 2.64. The largest absolute Gasteiger partial charge is 0.181 e. The summed E-state index contributed by atoms with van der Waals surface area (Å²) in [6, 6.07) is 8.54. The van der Waals surface area contributed by atoms with E-state index in [2.05, 4.69) is 58.7 Å². The molecule has 4 nitrogen and oxygen atoms in total. The summed E-state index contributed by atoms with van der Waals surface area (Å²) >= 11 is 0. The molecular weight excluding hydrogens is 188 g/mol. The third-order valence-corrected chi connectivity index (χ3v) is 2.64. The molecule has 0 aliphatic heterocycles. The molecule has 2 aromatic rings. The fourth-order valence-electron chi connectivity index (χ4n) is 1.54. The van der Waals surface area contributed by atoms with Crippen molar-refractivity contribution in [1.82, 2.24) is 20.6 Å². The molecule has 1 unspecified atom stereocenters. The first kappa shape index (κ1) is 9.83. The lowest BCUT2D eigenvalue weighted by Gasteiger charge is -2.07. The molecule has 0 saturated carbocycles.